The lowest BCUT2D eigenvalue weighted by molar-refractivity contribution is 0.0115. The largest absolute Gasteiger partial charge is 0.385 e. The molecule has 2 atom stereocenters. The van der Waals surface area contributed by atoms with Crippen molar-refractivity contribution in [3.63, 3.8) is 0 Å². The summed E-state index contributed by atoms with van der Waals surface area (Å²) < 4.78 is 27.4. The van der Waals surface area contributed by atoms with Gasteiger partial charge < -0.3 is 10.2 Å². The number of fused-ring (bicyclic) bond motifs is 3. The molecule has 3 rings (SSSR count). The van der Waals surface area contributed by atoms with E-state index in [1.54, 1.807) is 12.1 Å². The summed E-state index contributed by atoms with van der Waals surface area (Å²) in [6.45, 7) is 0. The van der Waals surface area contributed by atoms with Gasteiger partial charge in [0.05, 0.1) is 0 Å². The van der Waals surface area contributed by atoms with Crippen LogP contribution in [0.15, 0.2) is 36.4 Å². The van der Waals surface area contributed by atoms with Gasteiger partial charge in [0.15, 0.2) is 0 Å². The number of halogens is 2. The summed E-state index contributed by atoms with van der Waals surface area (Å²) in [6, 6.07) is 8.61. The molecule has 0 saturated heterocycles. The van der Waals surface area contributed by atoms with Gasteiger partial charge in [0.1, 0.15) is 23.8 Å². The van der Waals surface area contributed by atoms with Crippen LogP contribution in [0.5, 0.6) is 0 Å². The summed E-state index contributed by atoms with van der Waals surface area (Å²) in [4.78, 5) is 0. The van der Waals surface area contributed by atoms with Crippen molar-refractivity contribution in [3.8, 4) is 11.1 Å². The normalized spacial score (nSPS) is 21.3. The van der Waals surface area contributed by atoms with Crippen LogP contribution in [0.4, 0.5) is 8.78 Å². The summed E-state index contributed by atoms with van der Waals surface area (Å²) in [5.41, 5.74) is 0.871. The molecule has 92 valence electrons. The molecule has 0 fully saturated rings. The van der Waals surface area contributed by atoms with Gasteiger partial charge in [-0.25, -0.2) is 8.78 Å². The molecule has 0 radical (unpaired) electrons. The SMILES string of the molecule is O[C@@H]1c2c(F)cccc2-c2cccc(F)c2[C@H]1O. The monoisotopic (exact) mass is 248 g/mol. The number of aliphatic hydroxyl groups excluding tert-OH is 2. The maximum Gasteiger partial charge on any atom is 0.129 e. The van der Waals surface area contributed by atoms with E-state index in [9.17, 15) is 19.0 Å². The Hall–Kier alpha value is -1.78. The average Bonchev–Trinajstić information content (AvgIpc) is 2.35. The first-order chi connectivity index (χ1) is 8.61. The lowest BCUT2D eigenvalue weighted by atomic mass is 9.81. The Bertz CT molecular complexity index is 570. The highest BCUT2D eigenvalue weighted by Crippen LogP contribution is 2.46. The molecule has 4 heteroatoms. The summed E-state index contributed by atoms with van der Waals surface area (Å²) in [5, 5.41) is 19.9. The maximum absolute atomic E-state index is 13.7. The van der Waals surface area contributed by atoms with Crippen molar-refractivity contribution in [1.29, 1.82) is 0 Å². The molecule has 0 aromatic heterocycles. The number of hydrogen-bond acceptors (Lipinski definition) is 2. The highest BCUT2D eigenvalue weighted by Gasteiger charge is 2.35. The third kappa shape index (κ3) is 1.39. The predicted molar refractivity (Wildman–Crippen MR) is 61.7 cm³/mol. The minimum atomic E-state index is -1.45. The van der Waals surface area contributed by atoms with Gasteiger partial charge in [0, 0.05) is 11.1 Å². The molecule has 0 heterocycles. The van der Waals surface area contributed by atoms with Gasteiger partial charge in [-0.1, -0.05) is 24.3 Å². The fourth-order valence-corrected chi connectivity index (χ4v) is 2.46. The summed E-state index contributed by atoms with van der Waals surface area (Å²) in [5.74, 6) is -1.21. The minimum Gasteiger partial charge on any atom is -0.385 e. The Labute approximate surface area is 102 Å². The topological polar surface area (TPSA) is 40.5 Å². The lowest BCUT2D eigenvalue weighted by Crippen LogP contribution is -2.20. The van der Waals surface area contributed by atoms with Crippen molar-refractivity contribution >= 4 is 0 Å². The van der Waals surface area contributed by atoms with Gasteiger partial charge in [-0.15, -0.1) is 0 Å². The van der Waals surface area contributed by atoms with Crippen LogP contribution >= 0.6 is 0 Å². The number of aliphatic hydroxyl groups is 2. The van der Waals surface area contributed by atoms with Crippen LogP contribution in [0, 0.1) is 11.6 Å². The van der Waals surface area contributed by atoms with E-state index in [1.807, 2.05) is 0 Å². The van der Waals surface area contributed by atoms with Crippen molar-refractivity contribution in [1.82, 2.24) is 0 Å². The zero-order valence-electron chi connectivity index (χ0n) is 9.27. The molecule has 2 N–H and O–H groups in total. The fraction of sp³-hybridized carbons (Fsp3) is 0.143. The van der Waals surface area contributed by atoms with E-state index in [-0.39, 0.29) is 11.1 Å². The second kappa shape index (κ2) is 3.86. The Kier molecular flexibility index (Phi) is 2.43. The van der Waals surface area contributed by atoms with E-state index < -0.39 is 23.8 Å². The van der Waals surface area contributed by atoms with Crippen LogP contribution < -0.4 is 0 Å². The molecule has 1 aliphatic rings. The number of benzene rings is 2. The molecule has 0 amide bonds. The predicted octanol–water partition coefficient (Wildman–Crippen LogP) is 2.71. The molecule has 2 aromatic carbocycles. The smallest absolute Gasteiger partial charge is 0.129 e. The molecule has 2 nitrogen and oxygen atoms in total. The first-order valence-electron chi connectivity index (χ1n) is 5.54. The zero-order chi connectivity index (χ0) is 12.9. The number of rotatable bonds is 0. The molecular formula is C14H10F2O2. The van der Waals surface area contributed by atoms with Crippen molar-refractivity contribution in [2.24, 2.45) is 0 Å². The molecule has 2 aromatic rings. The van der Waals surface area contributed by atoms with Crippen LogP contribution in [0.25, 0.3) is 11.1 Å². The quantitative estimate of drug-likeness (QED) is 0.752. The molecule has 18 heavy (non-hydrogen) atoms. The van der Waals surface area contributed by atoms with Gasteiger partial charge in [-0.2, -0.15) is 0 Å². The molecule has 0 saturated carbocycles. The molecule has 0 spiro atoms. The van der Waals surface area contributed by atoms with Gasteiger partial charge in [-0.05, 0) is 23.3 Å². The second-order valence-electron chi connectivity index (χ2n) is 4.29. The van der Waals surface area contributed by atoms with Crippen LogP contribution in [0.1, 0.15) is 23.3 Å². The van der Waals surface area contributed by atoms with Crippen LogP contribution in [-0.2, 0) is 0 Å². The van der Waals surface area contributed by atoms with Crippen LogP contribution in [0.2, 0.25) is 0 Å². The van der Waals surface area contributed by atoms with E-state index in [0.717, 1.165) is 0 Å². The van der Waals surface area contributed by atoms with Crippen LogP contribution in [-0.4, -0.2) is 10.2 Å². The Morgan fingerprint density at radius 3 is 1.50 bits per heavy atom. The molecule has 0 aliphatic heterocycles. The molecule has 1 aliphatic carbocycles. The highest BCUT2D eigenvalue weighted by atomic mass is 19.1. The van der Waals surface area contributed by atoms with E-state index in [2.05, 4.69) is 0 Å². The van der Waals surface area contributed by atoms with E-state index in [1.165, 1.54) is 24.3 Å². The van der Waals surface area contributed by atoms with E-state index in [4.69, 9.17) is 0 Å². The molecule has 0 bridgehead atoms. The summed E-state index contributed by atoms with van der Waals surface area (Å²) in [6.07, 6.45) is -2.91. The third-order valence-corrected chi connectivity index (χ3v) is 3.29. The van der Waals surface area contributed by atoms with Gasteiger partial charge in [0.2, 0.25) is 0 Å². The van der Waals surface area contributed by atoms with Crippen LogP contribution in [0.3, 0.4) is 0 Å². The van der Waals surface area contributed by atoms with Gasteiger partial charge in [-0.3, -0.25) is 0 Å². The van der Waals surface area contributed by atoms with Gasteiger partial charge in [0.25, 0.3) is 0 Å². The lowest BCUT2D eigenvalue weighted by Gasteiger charge is -2.29. The maximum atomic E-state index is 13.7. The highest BCUT2D eigenvalue weighted by molar-refractivity contribution is 5.74. The minimum absolute atomic E-state index is 0.0168. The van der Waals surface area contributed by atoms with Gasteiger partial charge >= 0.3 is 0 Å². The Morgan fingerprint density at radius 2 is 1.11 bits per heavy atom. The first kappa shape index (κ1) is 11.3. The van der Waals surface area contributed by atoms with Crippen molar-refractivity contribution < 1.29 is 19.0 Å². The summed E-state index contributed by atoms with van der Waals surface area (Å²) in [7, 11) is 0. The fourth-order valence-electron chi connectivity index (χ4n) is 2.46. The third-order valence-electron chi connectivity index (χ3n) is 3.29. The first-order valence-corrected chi connectivity index (χ1v) is 5.54. The Morgan fingerprint density at radius 1 is 0.722 bits per heavy atom. The van der Waals surface area contributed by atoms with E-state index in [0.29, 0.717) is 11.1 Å². The second-order valence-corrected chi connectivity index (χ2v) is 4.29. The standard InChI is InChI=1S/C14H10F2O2/c15-9-5-1-3-7-8-4-2-6-10(16)12(8)14(18)13(17)11(7)9/h1-6,13-14,17-18H/t13-,14-/m1/s1. The van der Waals surface area contributed by atoms with Crippen molar-refractivity contribution in [3.05, 3.63) is 59.2 Å². The summed E-state index contributed by atoms with van der Waals surface area (Å²) >= 11 is 0. The average molecular weight is 248 g/mol. The number of hydrogen-bond donors (Lipinski definition) is 2. The van der Waals surface area contributed by atoms with E-state index >= 15 is 0 Å². The Balaban J connectivity index is 2.39. The van der Waals surface area contributed by atoms with Crippen molar-refractivity contribution in [2.75, 3.05) is 0 Å². The molecular weight excluding hydrogens is 238 g/mol. The molecule has 0 unspecified atom stereocenters. The zero-order valence-corrected chi connectivity index (χ0v) is 9.27. The van der Waals surface area contributed by atoms with Crippen molar-refractivity contribution in [2.45, 2.75) is 12.2 Å².